The lowest BCUT2D eigenvalue weighted by molar-refractivity contribution is -0.140. The molecule has 0 spiro atoms. The molecule has 1 atom stereocenters. The summed E-state index contributed by atoms with van der Waals surface area (Å²) in [5.41, 5.74) is 0.853. The molecule has 7 nitrogen and oxygen atoms in total. The van der Waals surface area contributed by atoms with Gasteiger partial charge in [-0.2, -0.15) is 0 Å². The lowest BCUT2D eigenvalue weighted by Gasteiger charge is -2.33. The second-order valence-electron chi connectivity index (χ2n) is 8.69. The van der Waals surface area contributed by atoms with Gasteiger partial charge in [0.05, 0.1) is 11.9 Å². The number of carbonyl (C=O) groups excluding carboxylic acids is 2. The van der Waals surface area contributed by atoms with Crippen molar-refractivity contribution < 1.29 is 26.8 Å². The lowest BCUT2D eigenvalue weighted by Crippen LogP contribution is -2.53. The van der Waals surface area contributed by atoms with Gasteiger partial charge >= 0.3 is 0 Å². The average Bonchev–Trinajstić information content (AvgIpc) is 2.88. The number of sulfonamides is 1. The van der Waals surface area contributed by atoms with Crippen LogP contribution in [-0.2, 0) is 32.6 Å². The molecule has 0 aliphatic heterocycles. The highest BCUT2D eigenvalue weighted by Gasteiger charge is 2.33. The van der Waals surface area contributed by atoms with Gasteiger partial charge in [0.2, 0.25) is 21.8 Å². The molecule has 0 radical (unpaired) electrons. The number of benzene rings is 3. The fourth-order valence-electron chi connectivity index (χ4n) is 3.95. The van der Waals surface area contributed by atoms with Gasteiger partial charge in [0.15, 0.2) is 11.6 Å². The summed E-state index contributed by atoms with van der Waals surface area (Å²) >= 11 is 12.8. The van der Waals surface area contributed by atoms with Gasteiger partial charge in [-0.1, -0.05) is 59.6 Å². The van der Waals surface area contributed by atoms with Crippen molar-refractivity contribution in [2.75, 3.05) is 23.7 Å². The van der Waals surface area contributed by atoms with Crippen molar-refractivity contribution in [1.82, 2.24) is 10.2 Å². The summed E-state index contributed by atoms with van der Waals surface area (Å²) in [4.78, 5) is 28.4. The first-order valence-electron chi connectivity index (χ1n) is 11.9. The Morgan fingerprint density at radius 1 is 0.949 bits per heavy atom. The number of carbonyl (C=O) groups is 2. The van der Waals surface area contributed by atoms with Gasteiger partial charge in [-0.15, -0.1) is 0 Å². The Balaban J connectivity index is 2.09. The molecule has 0 saturated carbocycles. The zero-order valence-corrected chi connectivity index (χ0v) is 23.5. The molecule has 0 aromatic heterocycles. The van der Waals surface area contributed by atoms with Gasteiger partial charge in [-0.25, -0.2) is 17.2 Å². The van der Waals surface area contributed by atoms with Gasteiger partial charge in [0.1, 0.15) is 12.6 Å². The Morgan fingerprint density at radius 2 is 1.59 bits per heavy atom. The average molecular weight is 598 g/mol. The third-order valence-corrected chi connectivity index (χ3v) is 7.73. The van der Waals surface area contributed by atoms with Gasteiger partial charge in [0, 0.05) is 41.2 Å². The molecule has 3 rings (SSSR count). The second-order valence-corrected chi connectivity index (χ2v) is 11.4. The van der Waals surface area contributed by atoms with Crippen molar-refractivity contribution in [2.24, 2.45) is 0 Å². The van der Waals surface area contributed by atoms with Crippen LogP contribution < -0.4 is 9.62 Å². The van der Waals surface area contributed by atoms with Crippen molar-refractivity contribution in [3.05, 3.63) is 99.5 Å². The summed E-state index contributed by atoms with van der Waals surface area (Å²) in [6.07, 6.45) is 0.937. The van der Waals surface area contributed by atoms with Crippen LogP contribution in [0.1, 0.15) is 18.1 Å². The van der Waals surface area contributed by atoms with Crippen molar-refractivity contribution in [1.29, 1.82) is 0 Å². The minimum absolute atomic E-state index is 0.102. The normalized spacial score (nSPS) is 12.1. The predicted octanol–water partition coefficient (Wildman–Crippen LogP) is 4.81. The molecule has 0 aliphatic carbocycles. The molecule has 0 unspecified atom stereocenters. The lowest BCUT2D eigenvalue weighted by atomic mass is 10.0. The fraction of sp³-hybridized carbons (Fsp3) is 0.259. The highest BCUT2D eigenvalue weighted by Crippen LogP contribution is 2.28. The number of likely N-dealkylation sites (N-methyl/N-ethyl adjacent to an activating group) is 1. The van der Waals surface area contributed by atoms with Crippen molar-refractivity contribution >= 4 is 50.7 Å². The van der Waals surface area contributed by atoms with E-state index < -0.39 is 46.1 Å². The summed E-state index contributed by atoms with van der Waals surface area (Å²) < 4.78 is 53.5. The molecule has 0 heterocycles. The Labute approximate surface area is 236 Å². The van der Waals surface area contributed by atoms with Crippen molar-refractivity contribution in [2.45, 2.75) is 25.9 Å². The van der Waals surface area contributed by atoms with Crippen LogP contribution in [0.15, 0.2) is 66.7 Å². The molecule has 208 valence electrons. The van der Waals surface area contributed by atoms with Gasteiger partial charge < -0.3 is 10.2 Å². The molecular weight excluding hydrogens is 571 g/mol. The zero-order valence-electron chi connectivity index (χ0n) is 21.2. The smallest absolute Gasteiger partial charge is 0.244 e. The first kappa shape index (κ1) is 30.3. The first-order valence-corrected chi connectivity index (χ1v) is 14.5. The van der Waals surface area contributed by atoms with E-state index in [0.29, 0.717) is 15.9 Å². The first-order chi connectivity index (χ1) is 18.4. The maximum Gasteiger partial charge on any atom is 0.244 e. The summed E-state index contributed by atoms with van der Waals surface area (Å²) in [6.45, 7) is 0.990. The van der Waals surface area contributed by atoms with Crippen LogP contribution in [0.25, 0.3) is 0 Å². The molecule has 3 aromatic rings. The topological polar surface area (TPSA) is 86.8 Å². The van der Waals surface area contributed by atoms with Crippen molar-refractivity contribution in [3.8, 4) is 0 Å². The molecule has 0 aliphatic rings. The SMILES string of the molecule is CCNC(=O)[C@H](Cc1ccccc1)N(Cc1c(Cl)cccc1Cl)C(=O)CN(c1ccc(F)c(F)c1)S(C)(=O)=O. The van der Waals surface area contributed by atoms with Gasteiger partial charge in [0.25, 0.3) is 0 Å². The van der Waals surface area contributed by atoms with Gasteiger partial charge in [-0.3, -0.25) is 13.9 Å². The monoisotopic (exact) mass is 597 g/mol. The third-order valence-electron chi connectivity index (χ3n) is 5.88. The molecule has 12 heteroatoms. The van der Waals surface area contributed by atoms with E-state index in [1.807, 2.05) is 6.07 Å². The van der Waals surface area contributed by atoms with E-state index in [1.165, 1.54) is 4.90 Å². The second kappa shape index (κ2) is 13.2. The minimum atomic E-state index is -4.14. The van der Waals surface area contributed by atoms with Crippen LogP contribution in [0.3, 0.4) is 0 Å². The number of nitrogens with zero attached hydrogens (tertiary/aromatic N) is 2. The molecule has 3 aromatic carbocycles. The highest BCUT2D eigenvalue weighted by molar-refractivity contribution is 7.92. The van der Waals surface area contributed by atoms with E-state index in [4.69, 9.17) is 23.2 Å². The maximum absolute atomic E-state index is 14.0. The minimum Gasteiger partial charge on any atom is -0.355 e. The number of hydrogen-bond donors (Lipinski definition) is 1. The van der Waals surface area contributed by atoms with Crippen LogP contribution in [0.2, 0.25) is 10.0 Å². The van der Waals surface area contributed by atoms with Crippen LogP contribution in [0.5, 0.6) is 0 Å². The van der Waals surface area contributed by atoms with Gasteiger partial charge in [-0.05, 0) is 36.8 Å². The number of hydrogen-bond acceptors (Lipinski definition) is 4. The highest BCUT2D eigenvalue weighted by atomic mass is 35.5. The van der Waals surface area contributed by atoms with Crippen LogP contribution in [0.4, 0.5) is 14.5 Å². The van der Waals surface area contributed by atoms with E-state index in [9.17, 15) is 26.8 Å². The molecule has 0 saturated heterocycles. The van der Waals surface area contributed by atoms with Crippen LogP contribution in [-0.4, -0.2) is 50.5 Å². The van der Waals surface area contributed by atoms with E-state index in [-0.39, 0.29) is 35.2 Å². The molecule has 1 N–H and O–H groups in total. The van der Waals surface area contributed by atoms with E-state index in [0.717, 1.165) is 24.0 Å². The molecule has 39 heavy (non-hydrogen) atoms. The fourth-order valence-corrected chi connectivity index (χ4v) is 5.31. The predicted molar refractivity (Wildman–Crippen MR) is 148 cm³/mol. The largest absolute Gasteiger partial charge is 0.355 e. The van der Waals surface area contributed by atoms with Crippen LogP contribution in [0, 0.1) is 11.6 Å². The molecule has 0 bridgehead atoms. The Morgan fingerprint density at radius 3 is 2.15 bits per heavy atom. The molecular formula is C27H27Cl2F2N3O4S. The quantitative estimate of drug-likeness (QED) is 0.343. The Hall–Kier alpha value is -3.21. The molecule has 0 fully saturated rings. The van der Waals surface area contributed by atoms with Crippen molar-refractivity contribution in [3.63, 3.8) is 0 Å². The number of anilines is 1. The Kier molecular flexibility index (Phi) is 10.3. The zero-order chi connectivity index (χ0) is 28.7. The number of rotatable bonds is 11. The summed E-state index contributed by atoms with van der Waals surface area (Å²) in [5, 5.41) is 3.21. The summed E-state index contributed by atoms with van der Waals surface area (Å²) in [5.74, 6) is -3.71. The summed E-state index contributed by atoms with van der Waals surface area (Å²) in [7, 11) is -4.14. The number of amides is 2. The van der Waals surface area contributed by atoms with E-state index in [1.54, 1.807) is 49.4 Å². The number of halogens is 4. The summed E-state index contributed by atoms with van der Waals surface area (Å²) in [6, 6.07) is 15.2. The third kappa shape index (κ3) is 7.90. The standard InChI is InChI=1S/C27H27Cl2F2N3O4S/c1-3-32-27(36)25(14-18-8-5-4-6-9-18)33(16-20-21(28)10-7-11-22(20)29)26(35)17-34(39(2,37)38)19-12-13-23(30)24(31)15-19/h4-13,15,25H,3,14,16-17H2,1-2H3,(H,32,36)/t25-/m0/s1. The van der Waals surface area contributed by atoms with Crippen LogP contribution >= 0.6 is 23.2 Å². The van der Waals surface area contributed by atoms with E-state index >= 15 is 0 Å². The Bertz CT molecular complexity index is 1420. The molecule has 2 amide bonds. The number of nitrogens with one attached hydrogen (secondary N) is 1. The maximum atomic E-state index is 14.0. The van der Waals surface area contributed by atoms with E-state index in [2.05, 4.69) is 5.32 Å².